The molecule has 0 radical (unpaired) electrons. The Balaban J connectivity index is 1.63. The van der Waals surface area contributed by atoms with Gasteiger partial charge in [-0.25, -0.2) is 14.5 Å². The fourth-order valence-electron chi connectivity index (χ4n) is 3.67. The summed E-state index contributed by atoms with van der Waals surface area (Å²) in [5.41, 5.74) is 6.98. The van der Waals surface area contributed by atoms with Crippen LogP contribution in [-0.4, -0.2) is 40.3 Å². The van der Waals surface area contributed by atoms with Crippen LogP contribution in [0.15, 0.2) is 53.6 Å². The van der Waals surface area contributed by atoms with E-state index in [9.17, 15) is 9.59 Å². The third kappa shape index (κ3) is 3.17. The van der Waals surface area contributed by atoms with Crippen LogP contribution in [0.4, 0.5) is 5.82 Å². The van der Waals surface area contributed by atoms with Gasteiger partial charge >= 0.3 is 0 Å². The predicted octanol–water partition coefficient (Wildman–Crippen LogP) is 1.21. The van der Waals surface area contributed by atoms with Crippen LogP contribution in [-0.2, 0) is 0 Å². The van der Waals surface area contributed by atoms with Crippen molar-refractivity contribution >= 4 is 28.4 Å². The van der Waals surface area contributed by atoms with Crippen LogP contribution in [0.1, 0.15) is 34.8 Å². The van der Waals surface area contributed by atoms with Gasteiger partial charge in [-0.05, 0) is 31.0 Å². The summed E-state index contributed by atoms with van der Waals surface area (Å²) in [5, 5.41) is 13.8. The van der Waals surface area contributed by atoms with Crippen molar-refractivity contribution in [2.24, 2.45) is 0 Å². The maximum atomic E-state index is 13.4. The van der Waals surface area contributed by atoms with Crippen LogP contribution in [0, 0.1) is 12.3 Å². The van der Waals surface area contributed by atoms with E-state index in [0.29, 0.717) is 11.3 Å². The van der Waals surface area contributed by atoms with Gasteiger partial charge in [0.2, 0.25) is 0 Å². The lowest BCUT2D eigenvalue weighted by atomic mass is 10.2. The van der Waals surface area contributed by atoms with Crippen molar-refractivity contribution in [2.45, 2.75) is 13.0 Å². The number of nitrogen functional groups attached to an aromatic ring is 1. The van der Waals surface area contributed by atoms with E-state index in [1.54, 1.807) is 49.6 Å². The van der Waals surface area contributed by atoms with Crippen molar-refractivity contribution in [3.8, 4) is 18.0 Å². The molecule has 1 atom stereocenters. The number of carbonyl (C=O) groups excluding carboxylic acids is 1. The number of hydrogen-bond donors (Lipinski definition) is 3. The van der Waals surface area contributed by atoms with Gasteiger partial charge in [-0.15, -0.1) is 11.5 Å². The van der Waals surface area contributed by atoms with Crippen molar-refractivity contribution in [1.82, 2.24) is 39.7 Å². The highest BCUT2D eigenvalue weighted by Gasteiger charge is 2.25. The van der Waals surface area contributed by atoms with Crippen molar-refractivity contribution < 1.29 is 4.79 Å². The fraction of sp³-hybridized carbons (Fsp3) is 0.0909. The molecule has 4 N–H and O–H groups in total. The van der Waals surface area contributed by atoms with E-state index < -0.39 is 17.5 Å². The first-order valence-corrected chi connectivity index (χ1v) is 9.92. The number of terminal acetylenes is 1. The zero-order chi connectivity index (χ0) is 23.1. The van der Waals surface area contributed by atoms with Crippen LogP contribution in [0.5, 0.6) is 0 Å². The van der Waals surface area contributed by atoms with Crippen molar-refractivity contribution in [3.63, 3.8) is 0 Å². The molecule has 5 rings (SSSR count). The van der Waals surface area contributed by atoms with E-state index in [0.717, 1.165) is 0 Å². The molecule has 162 valence electrons. The van der Waals surface area contributed by atoms with Gasteiger partial charge in [-0.3, -0.25) is 19.3 Å². The maximum Gasteiger partial charge on any atom is 0.270 e. The average Bonchev–Trinajstić information content (AvgIpc) is 3.39. The van der Waals surface area contributed by atoms with Crippen LogP contribution in [0.25, 0.3) is 22.4 Å². The van der Waals surface area contributed by atoms with Crippen LogP contribution < -0.4 is 16.6 Å². The molecule has 0 fully saturated rings. The van der Waals surface area contributed by atoms with Crippen molar-refractivity contribution in [1.29, 1.82) is 0 Å². The fourth-order valence-corrected chi connectivity index (χ4v) is 3.67. The Labute approximate surface area is 186 Å². The highest BCUT2D eigenvalue weighted by molar-refractivity contribution is 6.04. The first-order valence-electron chi connectivity index (χ1n) is 9.92. The number of rotatable bonds is 4. The third-order valence-corrected chi connectivity index (χ3v) is 5.16. The minimum atomic E-state index is -0.703. The Morgan fingerprint density at radius 1 is 1.27 bits per heavy atom. The number of hydrogen-bond acceptors (Lipinski definition) is 7. The van der Waals surface area contributed by atoms with Crippen LogP contribution in [0.3, 0.4) is 0 Å². The van der Waals surface area contributed by atoms with Gasteiger partial charge in [-0.1, -0.05) is 18.2 Å². The molecule has 11 nitrogen and oxygen atoms in total. The summed E-state index contributed by atoms with van der Waals surface area (Å²) in [6, 6.07) is 9.91. The Morgan fingerprint density at radius 3 is 2.82 bits per heavy atom. The molecule has 0 aliphatic heterocycles. The number of amides is 1. The normalized spacial score (nSPS) is 12.0. The smallest absolute Gasteiger partial charge is 0.270 e. The lowest BCUT2D eigenvalue weighted by molar-refractivity contribution is 0.0940. The van der Waals surface area contributed by atoms with Gasteiger partial charge in [0.25, 0.3) is 11.5 Å². The number of carbonyl (C=O) groups is 1. The number of para-hydroxylation sites is 1. The van der Waals surface area contributed by atoms with Gasteiger partial charge in [0.05, 0.1) is 11.7 Å². The molecule has 1 amide bonds. The lowest BCUT2D eigenvalue weighted by Crippen LogP contribution is -2.33. The van der Waals surface area contributed by atoms with E-state index in [1.165, 1.54) is 9.08 Å². The summed E-state index contributed by atoms with van der Waals surface area (Å²) in [5.74, 6) is 2.21. The number of nitrogens with zero attached hydrogens (tertiary/aromatic N) is 6. The van der Waals surface area contributed by atoms with Gasteiger partial charge in [0, 0.05) is 12.4 Å². The number of fused-ring (bicyclic) bond motifs is 2. The molecule has 4 aromatic heterocycles. The second kappa shape index (κ2) is 7.61. The largest absolute Gasteiger partial charge is 0.381 e. The van der Waals surface area contributed by atoms with E-state index >= 15 is 0 Å². The molecule has 4 heterocycles. The summed E-state index contributed by atoms with van der Waals surface area (Å²) in [4.78, 5) is 35.3. The third-order valence-electron chi connectivity index (χ3n) is 5.16. The molecule has 11 heteroatoms. The standard InChI is InChI=1S/C22H17N9O2/c1-3-14-15-18(28-27-14)26-19(31(22(15)33)13-8-5-4-6-9-13)12(2)25-21(32)16-17(23)29-30-11-7-10-24-20(16)30/h1,4-12H,2H3,(H2,23,29)(H,25,32)(H,27,28)/t12-/m0/s1. The molecule has 33 heavy (non-hydrogen) atoms. The summed E-state index contributed by atoms with van der Waals surface area (Å²) >= 11 is 0. The summed E-state index contributed by atoms with van der Waals surface area (Å²) in [6.07, 6.45) is 8.69. The molecule has 5 aromatic rings. The Morgan fingerprint density at radius 2 is 2.06 bits per heavy atom. The van der Waals surface area contributed by atoms with Crippen molar-refractivity contribution in [3.05, 3.63) is 76.2 Å². The molecule has 0 bridgehead atoms. The summed E-state index contributed by atoms with van der Waals surface area (Å²) < 4.78 is 2.83. The molecular weight excluding hydrogens is 422 g/mol. The van der Waals surface area contributed by atoms with E-state index in [-0.39, 0.29) is 33.9 Å². The van der Waals surface area contributed by atoms with Crippen molar-refractivity contribution in [2.75, 3.05) is 5.73 Å². The molecule has 0 saturated carbocycles. The van der Waals surface area contributed by atoms with Gasteiger partial charge < -0.3 is 11.1 Å². The Kier molecular flexibility index (Phi) is 4.60. The molecule has 0 aliphatic carbocycles. The van der Waals surface area contributed by atoms with Crippen LogP contribution >= 0.6 is 0 Å². The Hall–Kier alpha value is -4.98. The number of aromatic nitrogens is 7. The molecule has 0 spiro atoms. The summed E-state index contributed by atoms with van der Waals surface area (Å²) in [6.45, 7) is 1.71. The molecule has 0 unspecified atom stereocenters. The molecule has 0 saturated heterocycles. The molecule has 1 aromatic carbocycles. The first kappa shape index (κ1) is 20.0. The predicted molar refractivity (Wildman–Crippen MR) is 121 cm³/mol. The monoisotopic (exact) mass is 439 g/mol. The highest BCUT2D eigenvalue weighted by atomic mass is 16.2. The first-order chi connectivity index (χ1) is 16.0. The summed E-state index contributed by atoms with van der Waals surface area (Å²) in [7, 11) is 0. The minimum Gasteiger partial charge on any atom is -0.381 e. The maximum absolute atomic E-state index is 13.4. The number of nitrogens with two attached hydrogens (primary N) is 1. The van der Waals surface area contributed by atoms with Gasteiger partial charge in [0.1, 0.15) is 22.5 Å². The number of anilines is 1. The number of H-pyrrole nitrogens is 1. The number of aromatic amines is 1. The van der Waals surface area contributed by atoms with Gasteiger partial charge in [0.15, 0.2) is 17.1 Å². The average molecular weight is 439 g/mol. The van der Waals surface area contributed by atoms with Gasteiger partial charge in [-0.2, -0.15) is 5.10 Å². The molecular formula is C22H17N9O2. The zero-order valence-electron chi connectivity index (χ0n) is 17.4. The zero-order valence-corrected chi connectivity index (χ0v) is 17.4. The minimum absolute atomic E-state index is 0.0366. The SMILES string of the molecule is C#Cc1n[nH]c2nc([C@H](C)NC(=O)c3c(N)nn4cccnc34)n(-c3ccccc3)c(=O)c12. The lowest BCUT2D eigenvalue weighted by Gasteiger charge is -2.18. The second-order valence-electron chi connectivity index (χ2n) is 7.23. The number of nitrogens with one attached hydrogen (secondary N) is 2. The van der Waals surface area contributed by atoms with E-state index in [4.69, 9.17) is 12.2 Å². The quantitative estimate of drug-likeness (QED) is 0.356. The Bertz CT molecular complexity index is 1620. The van der Waals surface area contributed by atoms with E-state index in [2.05, 4.69) is 36.5 Å². The second-order valence-corrected chi connectivity index (χ2v) is 7.23. The molecule has 0 aliphatic rings. The topological polar surface area (TPSA) is 149 Å². The highest BCUT2D eigenvalue weighted by Crippen LogP contribution is 2.21. The van der Waals surface area contributed by atoms with Crippen LogP contribution in [0.2, 0.25) is 0 Å². The number of benzene rings is 1. The van der Waals surface area contributed by atoms with E-state index in [1.807, 2.05) is 6.07 Å².